The molecule has 0 aliphatic heterocycles. The minimum absolute atomic E-state index is 0.0627. The highest BCUT2D eigenvalue weighted by Crippen LogP contribution is 2.23. The molecule has 17 heavy (non-hydrogen) atoms. The van der Waals surface area contributed by atoms with Crippen molar-refractivity contribution in [2.75, 3.05) is 13.2 Å². The van der Waals surface area contributed by atoms with Gasteiger partial charge in [-0.1, -0.05) is 19.3 Å². The number of ether oxygens (including phenoxy) is 1. The van der Waals surface area contributed by atoms with E-state index in [9.17, 15) is 4.79 Å². The molecule has 1 rings (SSSR count). The molecule has 0 aromatic heterocycles. The second-order valence-electron chi connectivity index (χ2n) is 6.11. The Morgan fingerprint density at radius 3 is 2.47 bits per heavy atom. The van der Waals surface area contributed by atoms with E-state index in [0.717, 1.165) is 0 Å². The van der Waals surface area contributed by atoms with E-state index in [0.29, 0.717) is 25.5 Å². The standard InChI is InChI=1S/C14H27NO2/c1-14(2,3)15-10-9-13(16)17-11-12-7-5-4-6-8-12/h12,15H,4-11H2,1-3H3. The summed E-state index contributed by atoms with van der Waals surface area (Å²) < 4.78 is 5.32. The molecule has 0 heterocycles. The molecule has 0 spiro atoms. The third kappa shape index (κ3) is 7.37. The van der Waals surface area contributed by atoms with Crippen LogP contribution >= 0.6 is 0 Å². The Bertz CT molecular complexity index is 227. The monoisotopic (exact) mass is 241 g/mol. The van der Waals surface area contributed by atoms with E-state index in [-0.39, 0.29) is 11.5 Å². The van der Waals surface area contributed by atoms with Crippen LogP contribution in [-0.2, 0) is 9.53 Å². The van der Waals surface area contributed by atoms with Crippen molar-refractivity contribution in [3.05, 3.63) is 0 Å². The van der Waals surface area contributed by atoms with Gasteiger partial charge in [-0.2, -0.15) is 0 Å². The van der Waals surface area contributed by atoms with Crippen molar-refractivity contribution in [2.24, 2.45) is 5.92 Å². The zero-order valence-corrected chi connectivity index (χ0v) is 11.6. The van der Waals surface area contributed by atoms with Crippen LogP contribution in [-0.4, -0.2) is 24.7 Å². The van der Waals surface area contributed by atoms with Gasteiger partial charge in [0.25, 0.3) is 0 Å². The van der Waals surface area contributed by atoms with Gasteiger partial charge in [-0.15, -0.1) is 0 Å². The Labute approximate surface area is 105 Å². The van der Waals surface area contributed by atoms with Crippen LogP contribution in [0.4, 0.5) is 0 Å². The minimum atomic E-state index is -0.0627. The van der Waals surface area contributed by atoms with Gasteiger partial charge in [-0.25, -0.2) is 0 Å². The fourth-order valence-corrected chi connectivity index (χ4v) is 2.18. The fourth-order valence-electron chi connectivity index (χ4n) is 2.18. The number of esters is 1. The molecule has 3 heteroatoms. The molecule has 0 aromatic carbocycles. The van der Waals surface area contributed by atoms with Crippen LogP contribution in [0.2, 0.25) is 0 Å². The highest BCUT2D eigenvalue weighted by molar-refractivity contribution is 5.69. The van der Waals surface area contributed by atoms with E-state index in [2.05, 4.69) is 26.1 Å². The number of hydrogen-bond acceptors (Lipinski definition) is 3. The van der Waals surface area contributed by atoms with Crippen LogP contribution in [0, 0.1) is 5.92 Å². The molecular weight excluding hydrogens is 214 g/mol. The van der Waals surface area contributed by atoms with Crippen molar-refractivity contribution in [3.8, 4) is 0 Å². The van der Waals surface area contributed by atoms with E-state index in [1.165, 1.54) is 32.1 Å². The van der Waals surface area contributed by atoms with E-state index in [4.69, 9.17) is 4.74 Å². The molecule has 1 aliphatic rings. The highest BCUT2D eigenvalue weighted by atomic mass is 16.5. The van der Waals surface area contributed by atoms with Crippen LogP contribution in [0.3, 0.4) is 0 Å². The first-order chi connectivity index (χ1) is 7.97. The molecule has 100 valence electrons. The summed E-state index contributed by atoms with van der Waals surface area (Å²) in [5.41, 5.74) is 0.0731. The fraction of sp³-hybridized carbons (Fsp3) is 0.929. The summed E-state index contributed by atoms with van der Waals surface area (Å²) in [6.45, 7) is 7.63. The molecule has 0 aromatic rings. The maximum absolute atomic E-state index is 11.5. The molecule has 1 aliphatic carbocycles. The predicted molar refractivity (Wildman–Crippen MR) is 69.9 cm³/mol. The summed E-state index contributed by atoms with van der Waals surface area (Å²) in [6, 6.07) is 0. The van der Waals surface area contributed by atoms with Gasteiger partial charge in [-0.05, 0) is 39.5 Å². The second-order valence-corrected chi connectivity index (χ2v) is 6.11. The summed E-state index contributed by atoms with van der Waals surface area (Å²) in [4.78, 5) is 11.5. The van der Waals surface area contributed by atoms with Crippen molar-refractivity contribution in [1.29, 1.82) is 0 Å². The van der Waals surface area contributed by atoms with Gasteiger partial charge in [0.1, 0.15) is 0 Å². The lowest BCUT2D eigenvalue weighted by atomic mass is 9.90. The SMILES string of the molecule is CC(C)(C)NCCC(=O)OCC1CCCCC1. The third-order valence-electron chi connectivity index (χ3n) is 3.19. The average Bonchev–Trinajstić information content (AvgIpc) is 2.26. The average molecular weight is 241 g/mol. The lowest BCUT2D eigenvalue weighted by molar-refractivity contribution is -0.145. The molecule has 3 nitrogen and oxygen atoms in total. The van der Waals surface area contributed by atoms with Gasteiger partial charge in [0.2, 0.25) is 0 Å². The van der Waals surface area contributed by atoms with Crippen molar-refractivity contribution in [2.45, 2.75) is 64.8 Å². The molecule has 0 unspecified atom stereocenters. The minimum Gasteiger partial charge on any atom is -0.465 e. The lowest BCUT2D eigenvalue weighted by Crippen LogP contribution is -2.37. The third-order valence-corrected chi connectivity index (χ3v) is 3.19. The quantitative estimate of drug-likeness (QED) is 0.752. The van der Waals surface area contributed by atoms with Crippen LogP contribution in [0.1, 0.15) is 59.3 Å². The first kappa shape index (κ1) is 14.5. The molecule has 1 N–H and O–H groups in total. The van der Waals surface area contributed by atoms with Crippen LogP contribution in [0.25, 0.3) is 0 Å². The van der Waals surface area contributed by atoms with Crippen LogP contribution < -0.4 is 5.32 Å². The van der Waals surface area contributed by atoms with Crippen molar-refractivity contribution in [1.82, 2.24) is 5.32 Å². The molecule has 0 atom stereocenters. The maximum atomic E-state index is 11.5. The van der Waals surface area contributed by atoms with Crippen molar-refractivity contribution < 1.29 is 9.53 Å². The predicted octanol–water partition coefficient (Wildman–Crippen LogP) is 2.89. The Balaban J connectivity index is 2.04. The maximum Gasteiger partial charge on any atom is 0.307 e. The molecule has 0 amide bonds. The number of nitrogens with one attached hydrogen (secondary N) is 1. The molecule has 1 saturated carbocycles. The summed E-state index contributed by atoms with van der Waals surface area (Å²) in [5.74, 6) is 0.551. The first-order valence-corrected chi connectivity index (χ1v) is 6.88. The van der Waals surface area contributed by atoms with E-state index < -0.39 is 0 Å². The van der Waals surface area contributed by atoms with Crippen LogP contribution in [0.5, 0.6) is 0 Å². The van der Waals surface area contributed by atoms with Gasteiger partial charge in [-0.3, -0.25) is 4.79 Å². The summed E-state index contributed by atoms with van der Waals surface area (Å²) >= 11 is 0. The van der Waals surface area contributed by atoms with Gasteiger partial charge in [0.05, 0.1) is 13.0 Å². The summed E-state index contributed by atoms with van der Waals surface area (Å²) in [5, 5.41) is 3.29. The molecule has 1 fully saturated rings. The van der Waals surface area contributed by atoms with Crippen molar-refractivity contribution in [3.63, 3.8) is 0 Å². The van der Waals surface area contributed by atoms with Gasteiger partial charge in [0.15, 0.2) is 0 Å². The first-order valence-electron chi connectivity index (χ1n) is 6.88. The number of carbonyl (C=O) groups is 1. The van der Waals surface area contributed by atoms with Gasteiger partial charge in [0, 0.05) is 12.1 Å². The zero-order chi connectivity index (χ0) is 12.7. The Kier molecular flexibility index (Phi) is 5.96. The largest absolute Gasteiger partial charge is 0.465 e. The van der Waals surface area contributed by atoms with Gasteiger partial charge < -0.3 is 10.1 Å². The Morgan fingerprint density at radius 1 is 1.24 bits per heavy atom. The smallest absolute Gasteiger partial charge is 0.307 e. The number of hydrogen-bond donors (Lipinski definition) is 1. The summed E-state index contributed by atoms with van der Waals surface area (Å²) in [7, 11) is 0. The molecule has 0 radical (unpaired) electrons. The second kappa shape index (κ2) is 7.00. The highest BCUT2D eigenvalue weighted by Gasteiger charge is 2.16. The van der Waals surface area contributed by atoms with Crippen LogP contribution in [0.15, 0.2) is 0 Å². The Hall–Kier alpha value is -0.570. The van der Waals surface area contributed by atoms with Crippen molar-refractivity contribution >= 4 is 5.97 Å². The zero-order valence-electron chi connectivity index (χ0n) is 11.6. The number of rotatable bonds is 5. The van der Waals surface area contributed by atoms with Gasteiger partial charge >= 0.3 is 5.97 Å². The van der Waals surface area contributed by atoms with E-state index in [1.54, 1.807) is 0 Å². The lowest BCUT2D eigenvalue weighted by Gasteiger charge is -2.22. The number of carbonyl (C=O) groups excluding carboxylic acids is 1. The normalized spacial score (nSPS) is 18.1. The van der Waals surface area contributed by atoms with E-state index >= 15 is 0 Å². The topological polar surface area (TPSA) is 38.3 Å². The molecule has 0 saturated heterocycles. The van der Waals surface area contributed by atoms with E-state index in [1.807, 2.05) is 0 Å². The Morgan fingerprint density at radius 2 is 1.88 bits per heavy atom. The molecular formula is C14H27NO2. The molecule has 0 bridgehead atoms. The summed E-state index contributed by atoms with van der Waals surface area (Å²) in [6.07, 6.45) is 6.88.